The Kier molecular flexibility index (Phi) is 4.78. The second-order valence-electron chi connectivity index (χ2n) is 6.88. The SMILES string of the molecule is COc1ccc(C(=O)c2ccc(N3C(=O)c4c(C(=O)O)cnn4C[C@@H]3C)cc2)cn1. The monoisotopic (exact) mass is 406 g/mol. The highest BCUT2D eigenvalue weighted by Gasteiger charge is 2.35. The fraction of sp³-hybridized carbons (Fsp3) is 0.190. The number of carbonyl (C=O) groups excluding carboxylic acids is 2. The number of aromatic carboxylic acids is 1. The summed E-state index contributed by atoms with van der Waals surface area (Å²) in [6.07, 6.45) is 2.64. The molecule has 0 saturated heterocycles. The summed E-state index contributed by atoms with van der Waals surface area (Å²) in [6, 6.07) is 9.61. The van der Waals surface area contributed by atoms with Gasteiger partial charge in [0.1, 0.15) is 11.3 Å². The van der Waals surface area contributed by atoms with E-state index in [1.807, 2.05) is 6.92 Å². The van der Waals surface area contributed by atoms with Gasteiger partial charge in [-0.15, -0.1) is 0 Å². The largest absolute Gasteiger partial charge is 0.481 e. The van der Waals surface area contributed by atoms with E-state index in [0.29, 0.717) is 29.2 Å². The number of hydrogen-bond donors (Lipinski definition) is 1. The summed E-state index contributed by atoms with van der Waals surface area (Å²) >= 11 is 0. The first-order chi connectivity index (χ1) is 14.4. The summed E-state index contributed by atoms with van der Waals surface area (Å²) in [6.45, 7) is 2.22. The number of anilines is 1. The predicted molar refractivity (Wildman–Crippen MR) is 106 cm³/mol. The van der Waals surface area contributed by atoms with Crippen LogP contribution in [0.5, 0.6) is 5.88 Å². The molecule has 1 aliphatic heterocycles. The number of amides is 1. The lowest BCUT2D eigenvalue weighted by Gasteiger charge is -2.34. The molecule has 30 heavy (non-hydrogen) atoms. The number of carbonyl (C=O) groups is 3. The van der Waals surface area contributed by atoms with Crippen molar-refractivity contribution >= 4 is 23.3 Å². The van der Waals surface area contributed by atoms with Crippen LogP contribution in [0.15, 0.2) is 48.8 Å². The minimum atomic E-state index is -1.20. The third kappa shape index (κ3) is 3.20. The predicted octanol–water partition coefficient (Wildman–Crippen LogP) is 2.26. The van der Waals surface area contributed by atoms with Crippen LogP contribution >= 0.6 is 0 Å². The van der Waals surface area contributed by atoms with Gasteiger partial charge in [0.05, 0.1) is 25.9 Å². The molecule has 0 unspecified atom stereocenters. The summed E-state index contributed by atoms with van der Waals surface area (Å²) in [5, 5.41) is 13.4. The molecule has 3 heterocycles. The Balaban J connectivity index is 1.61. The molecule has 0 saturated carbocycles. The third-order valence-electron chi connectivity index (χ3n) is 4.98. The van der Waals surface area contributed by atoms with Gasteiger partial charge in [-0.25, -0.2) is 9.78 Å². The minimum absolute atomic E-state index is 0.0464. The number of hydrogen-bond acceptors (Lipinski definition) is 6. The molecule has 3 aromatic rings. The van der Waals surface area contributed by atoms with Gasteiger partial charge >= 0.3 is 5.97 Å². The van der Waals surface area contributed by atoms with Crippen LogP contribution in [0.2, 0.25) is 0 Å². The van der Waals surface area contributed by atoms with Gasteiger partial charge in [-0.2, -0.15) is 5.10 Å². The van der Waals surface area contributed by atoms with Crippen molar-refractivity contribution < 1.29 is 24.2 Å². The second-order valence-corrected chi connectivity index (χ2v) is 6.88. The topological polar surface area (TPSA) is 115 Å². The van der Waals surface area contributed by atoms with Crippen molar-refractivity contribution in [2.24, 2.45) is 0 Å². The molecule has 2 aromatic heterocycles. The second kappa shape index (κ2) is 7.43. The van der Waals surface area contributed by atoms with Crippen LogP contribution in [-0.4, -0.2) is 50.7 Å². The van der Waals surface area contributed by atoms with Crippen molar-refractivity contribution in [3.8, 4) is 5.88 Å². The number of ether oxygens (including phenoxy) is 1. The van der Waals surface area contributed by atoms with Gasteiger partial charge in [0.15, 0.2) is 5.78 Å². The highest BCUT2D eigenvalue weighted by molar-refractivity contribution is 6.12. The van der Waals surface area contributed by atoms with Crippen molar-refractivity contribution in [1.29, 1.82) is 0 Å². The summed E-state index contributed by atoms with van der Waals surface area (Å²) in [5.41, 5.74) is 1.35. The number of pyridine rings is 1. The van der Waals surface area contributed by atoms with Crippen LogP contribution in [0.4, 0.5) is 5.69 Å². The number of nitrogens with zero attached hydrogens (tertiary/aromatic N) is 4. The Morgan fingerprint density at radius 3 is 2.40 bits per heavy atom. The molecule has 4 rings (SSSR count). The molecule has 152 valence electrons. The van der Waals surface area contributed by atoms with Gasteiger partial charge in [0.25, 0.3) is 5.91 Å². The van der Waals surface area contributed by atoms with Crippen molar-refractivity contribution in [3.63, 3.8) is 0 Å². The Morgan fingerprint density at radius 2 is 1.80 bits per heavy atom. The smallest absolute Gasteiger partial charge is 0.339 e. The highest BCUT2D eigenvalue weighted by atomic mass is 16.5. The maximum absolute atomic E-state index is 13.0. The molecule has 0 radical (unpaired) electrons. The molecule has 1 aliphatic rings. The van der Waals surface area contributed by atoms with Crippen molar-refractivity contribution in [1.82, 2.24) is 14.8 Å². The van der Waals surface area contributed by atoms with Crippen LogP contribution in [-0.2, 0) is 6.54 Å². The van der Waals surface area contributed by atoms with Crippen molar-refractivity contribution in [2.45, 2.75) is 19.5 Å². The molecule has 0 fully saturated rings. The van der Waals surface area contributed by atoms with Gasteiger partial charge < -0.3 is 14.7 Å². The van der Waals surface area contributed by atoms with E-state index < -0.39 is 11.9 Å². The van der Waals surface area contributed by atoms with E-state index in [4.69, 9.17) is 4.74 Å². The van der Waals surface area contributed by atoms with E-state index in [1.165, 1.54) is 29.1 Å². The van der Waals surface area contributed by atoms with E-state index in [-0.39, 0.29) is 23.1 Å². The zero-order valence-electron chi connectivity index (χ0n) is 16.3. The number of methoxy groups -OCH3 is 1. The lowest BCUT2D eigenvalue weighted by Crippen LogP contribution is -2.47. The molecule has 9 heteroatoms. The molecular formula is C21H18N4O5. The standard InChI is InChI=1S/C21H18N4O5/c1-12-11-24-18(16(10-23-24)21(28)29)20(27)25(12)15-6-3-13(4-7-15)19(26)14-5-8-17(30-2)22-9-14/h3-10,12H,11H2,1-2H3,(H,28,29)/t12-/m0/s1. The Labute approximate surface area is 171 Å². The molecule has 1 N–H and O–H groups in total. The van der Waals surface area contributed by atoms with Crippen LogP contribution in [0.1, 0.15) is 43.7 Å². The number of fused-ring (bicyclic) bond motifs is 1. The average Bonchev–Trinajstić information content (AvgIpc) is 3.18. The summed E-state index contributed by atoms with van der Waals surface area (Å²) < 4.78 is 6.42. The average molecular weight is 406 g/mol. The van der Waals surface area contributed by atoms with Gasteiger partial charge in [-0.3, -0.25) is 14.3 Å². The molecule has 0 aliphatic carbocycles. The number of ketones is 1. The summed E-state index contributed by atoms with van der Waals surface area (Å²) in [7, 11) is 1.50. The number of aromatic nitrogens is 3. The van der Waals surface area contributed by atoms with E-state index in [2.05, 4.69) is 10.1 Å². The van der Waals surface area contributed by atoms with E-state index in [0.717, 1.165) is 0 Å². The van der Waals surface area contributed by atoms with Crippen LogP contribution in [0.25, 0.3) is 0 Å². The third-order valence-corrected chi connectivity index (χ3v) is 4.98. The normalized spacial score (nSPS) is 15.6. The van der Waals surface area contributed by atoms with E-state index >= 15 is 0 Å². The van der Waals surface area contributed by atoms with Crippen molar-refractivity contribution in [2.75, 3.05) is 12.0 Å². The lowest BCUT2D eigenvalue weighted by atomic mass is 10.0. The first-order valence-corrected chi connectivity index (χ1v) is 9.18. The molecule has 0 bridgehead atoms. The first-order valence-electron chi connectivity index (χ1n) is 9.18. The fourth-order valence-corrected chi connectivity index (χ4v) is 3.50. The van der Waals surface area contributed by atoms with Crippen LogP contribution < -0.4 is 9.64 Å². The van der Waals surface area contributed by atoms with E-state index in [1.54, 1.807) is 36.4 Å². The number of carboxylic acids is 1. The Bertz CT molecular complexity index is 1140. The lowest BCUT2D eigenvalue weighted by molar-refractivity contribution is 0.0689. The van der Waals surface area contributed by atoms with Gasteiger partial charge in [-0.05, 0) is 37.3 Å². The summed E-state index contributed by atoms with van der Waals surface area (Å²) in [5.74, 6) is -1.43. The zero-order valence-corrected chi connectivity index (χ0v) is 16.3. The first kappa shape index (κ1) is 19.3. The van der Waals surface area contributed by atoms with Crippen molar-refractivity contribution in [3.05, 3.63) is 71.2 Å². The fourth-order valence-electron chi connectivity index (χ4n) is 3.50. The minimum Gasteiger partial charge on any atom is -0.481 e. The molecular weight excluding hydrogens is 388 g/mol. The number of carboxylic acid groups (broad SMARTS) is 1. The quantitative estimate of drug-likeness (QED) is 0.646. The molecule has 1 atom stereocenters. The van der Waals surface area contributed by atoms with Gasteiger partial charge in [0.2, 0.25) is 5.88 Å². The molecule has 1 aromatic carbocycles. The molecule has 0 spiro atoms. The van der Waals surface area contributed by atoms with Gasteiger partial charge in [0, 0.05) is 29.1 Å². The molecule has 9 nitrogen and oxygen atoms in total. The van der Waals surface area contributed by atoms with E-state index in [9.17, 15) is 19.5 Å². The Hall–Kier alpha value is -4.01. The maximum atomic E-state index is 13.0. The highest BCUT2D eigenvalue weighted by Crippen LogP contribution is 2.27. The summed E-state index contributed by atoms with van der Waals surface area (Å²) in [4.78, 5) is 42.7. The molecule has 1 amide bonds. The van der Waals surface area contributed by atoms with Gasteiger partial charge in [-0.1, -0.05) is 0 Å². The number of rotatable bonds is 5. The Morgan fingerprint density at radius 1 is 1.10 bits per heavy atom. The number of benzene rings is 1. The maximum Gasteiger partial charge on any atom is 0.339 e. The van der Waals surface area contributed by atoms with Crippen LogP contribution in [0, 0.1) is 0 Å². The zero-order chi connectivity index (χ0) is 21.4. The van der Waals surface area contributed by atoms with Crippen LogP contribution in [0.3, 0.4) is 0 Å².